The zero-order chi connectivity index (χ0) is 13.3. The predicted molar refractivity (Wildman–Crippen MR) is 83.5 cm³/mol. The van der Waals surface area contributed by atoms with E-state index in [4.69, 9.17) is 11.6 Å². The van der Waals surface area contributed by atoms with Crippen molar-refractivity contribution in [3.8, 4) is 0 Å². The molecule has 18 heavy (non-hydrogen) atoms. The highest BCUT2D eigenvalue weighted by Gasteiger charge is 2.14. The van der Waals surface area contributed by atoms with Crippen LogP contribution in [0.2, 0.25) is 5.15 Å². The van der Waals surface area contributed by atoms with Gasteiger partial charge < -0.3 is 0 Å². The molecule has 2 heterocycles. The topological polar surface area (TPSA) is 38.7 Å². The van der Waals surface area contributed by atoms with Gasteiger partial charge in [-0.3, -0.25) is 0 Å². The highest BCUT2D eigenvalue weighted by Crippen LogP contribution is 2.25. The van der Waals surface area contributed by atoms with Gasteiger partial charge in [-0.15, -0.1) is 11.3 Å². The fraction of sp³-hybridized carbons (Fsp3) is 0.417. The fourth-order valence-electron chi connectivity index (χ4n) is 1.56. The van der Waals surface area contributed by atoms with Gasteiger partial charge in [-0.2, -0.15) is 0 Å². The zero-order valence-corrected chi connectivity index (χ0v) is 14.1. The van der Waals surface area contributed by atoms with Crippen LogP contribution in [0, 0.1) is 10.5 Å². The van der Waals surface area contributed by atoms with Gasteiger partial charge in [0, 0.05) is 11.1 Å². The zero-order valence-electron chi connectivity index (χ0n) is 10.4. The number of aryl methyl sites for hydroxylation is 1. The van der Waals surface area contributed by atoms with E-state index in [2.05, 4.69) is 51.4 Å². The van der Waals surface area contributed by atoms with E-state index < -0.39 is 0 Å². The molecular formula is C12H13ClIN3S. The van der Waals surface area contributed by atoms with E-state index in [1.807, 2.05) is 12.3 Å². The minimum absolute atomic E-state index is 0.342. The van der Waals surface area contributed by atoms with Gasteiger partial charge in [0.2, 0.25) is 0 Å². The standard InChI is InChI=1S/C12H13ClIN3S/c1-6(2)11-10(14)12(13)17-8(16-11)4-9-15-7(3)5-18-9/h5-6H,4H2,1-3H3. The Morgan fingerprint density at radius 3 is 2.61 bits per heavy atom. The number of aromatic nitrogens is 3. The first-order valence-corrected chi connectivity index (χ1v) is 7.93. The number of halogens is 2. The van der Waals surface area contributed by atoms with Gasteiger partial charge in [0.25, 0.3) is 0 Å². The maximum atomic E-state index is 6.16. The van der Waals surface area contributed by atoms with Crippen molar-refractivity contribution in [1.29, 1.82) is 0 Å². The van der Waals surface area contributed by atoms with Crippen molar-refractivity contribution in [1.82, 2.24) is 15.0 Å². The molecule has 0 N–H and O–H groups in total. The van der Waals surface area contributed by atoms with Gasteiger partial charge in [-0.1, -0.05) is 25.4 Å². The molecular weight excluding hydrogens is 381 g/mol. The predicted octanol–water partition coefficient (Wildman–Crippen LogP) is 4.21. The smallest absolute Gasteiger partial charge is 0.146 e. The summed E-state index contributed by atoms with van der Waals surface area (Å²) in [6.07, 6.45) is 0.648. The molecule has 0 fully saturated rings. The van der Waals surface area contributed by atoms with Crippen LogP contribution in [-0.2, 0) is 6.42 Å². The van der Waals surface area contributed by atoms with Crippen molar-refractivity contribution >= 4 is 45.5 Å². The van der Waals surface area contributed by atoms with Crippen LogP contribution in [0.1, 0.15) is 42.0 Å². The highest BCUT2D eigenvalue weighted by molar-refractivity contribution is 14.1. The molecule has 0 bridgehead atoms. The Bertz CT molecular complexity index is 568. The second kappa shape index (κ2) is 5.79. The molecule has 2 aromatic heterocycles. The van der Waals surface area contributed by atoms with Crippen molar-refractivity contribution in [3.63, 3.8) is 0 Å². The first-order valence-electron chi connectivity index (χ1n) is 5.60. The molecule has 0 radical (unpaired) electrons. The van der Waals surface area contributed by atoms with E-state index in [1.54, 1.807) is 11.3 Å². The van der Waals surface area contributed by atoms with E-state index in [1.165, 1.54) is 0 Å². The minimum atomic E-state index is 0.342. The van der Waals surface area contributed by atoms with Crippen LogP contribution in [0.5, 0.6) is 0 Å². The van der Waals surface area contributed by atoms with Gasteiger partial charge in [-0.25, -0.2) is 15.0 Å². The summed E-state index contributed by atoms with van der Waals surface area (Å²) < 4.78 is 0.948. The molecule has 0 atom stereocenters. The molecule has 0 aliphatic rings. The number of rotatable bonds is 3. The third-order valence-corrected chi connectivity index (χ3v) is 5.03. The summed E-state index contributed by atoms with van der Waals surface area (Å²) in [7, 11) is 0. The summed E-state index contributed by atoms with van der Waals surface area (Å²) in [6, 6.07) is 0. The van der Waals surface area contributed by atoms with Crippen LogP contribution in [0.15, 0.2) is 5.38 Å². The van der Waals surface area contributed by atoms with Crippen LogP contribution in [0.3, 0.4) is 0 Å². The van der Waals surface area contributed by atoms with E-state index in [9.17, 15) is 0 Å². The molecule has 0 saturated carbocycles. The van der Waals surface area contributed by atoms with Crippen LogP contribution < -0.4 is 0 Å². The largest absolute Gasteiger partial charge is 0.246 e. The average Bonchev–Trinajstić information content (AvgIpc) is 2.68. The SMILES string of the molecule is Cc1csc(Cc2nc(Cl)c(I)c(C(C)C)n2)n1. The summed E-state index contributed by atoms with van der Waals surface area (Å²) in [4.78, 5) is 13.4. The average molecular weight is 394 g/mol. The molecule has 2 aromatic rings. The van der Waals surface area contributed by atoms with E-state index in [0.29, 0.717) is 17.5 Å². The van der Waals surface area contributed by atoms with Crippen molar-refractivity contribution < 1.29 is 0 Å². The van der Waals surface area contributed by atoms with E-state index in [0.717, 1.165) is 25.8 Å². The number of thiazole rings is 1. The van der Waals surface area contributed by atoms with Gasteiger partial charge in [0.05, 0.1) is 15.7 Å². The molecule has 96 valence electrons. The normalized spacial score (nSPS) is 11.2. The third kappa shape index (κ3) is 3.19. The van der Waals surface area contributed by atoms with Crippen molar-refractivity contribution in [3.05, 3.63) is 36.3 Å². The summed E-state index contributed by atoms with van der Waals surface area (Å²) in [5.41, 5.74) is 2.05. The van der Waals surface area contributed by atoms with E-state index in [-0.39, 0.29) is 0 Å². The van der Waals surface area contributed by atoms with Gasteiger partial charge in [-0.05, 0) is 35.4 Å². The van der Waals surface area contributed by atoms with Crippen molar-refractivity contribution in [2.45, 2.75) is 33.1 Å². The lowest BCUT2D eigenvalue weighted by molar-refractivity contribution is 0.782. The Hall–Kier alpha value is -0.270. The lowest BCUT2D eigenvalue weighted by atomic mass is 10.1. The first-order chi connectivity index (χ1) is 8.47. The molecule has 0 amide bonds. The molecule has 0 unspecified atom stereocenters. The summed E-state index contributed by atoms with van der Waals surface area (Å²) in [5.74, 6) is 1.09. The van der Waals surface area contributed by atoms with Gasteiger partial charge >= 0.3 is 0 Å². The van der Waals surface area contributed by atoms with Gasteiger partial charge in [0.15, 0.2) is 0 Å². The second-order valence-corrected chi connectivity index (χ2v) is 6.72. The Morgan fingerprint density at radius 1 is 1.33 bits per heavy atom. The quantitative estimate of drug-likeness (QED) is 0.579. The minimum Gasteiger partial charge on any atom is -0.246 e. The third-order valence-electron chi connectivity index (χ3n) is 2.41. The number of hydrogen-bond acceptors (Lipinski definition) is 4. The molecule has 0 aromatic carbocycles. The Labute approximate surface area is 129 Å². The van der Waals surface area contributed by atoms with E-state index >= 15 is 0 Å². The monoisotopic (exact) mass is 393 g/mol. The van der Waals surface area contributed by atoms with Crippen LogP contribution in [-0.4, -0.2) is 15.0 Å². The maximum absolute atomic E-state index is 6.16. The van der Waals surface area contributed by atoms with Crippen LogP contribution in [0.4, 0.5) is 0 Å². The summed E-state index contributed by atoms with van der Waals surface area (Å²) in [6.45, 7) is 6.21. The molecule has 2 rings (SSSR count). The molecule has 6 heteroatoms. The lowest BCUT2D eigenvalue weighted by Crippen LogP contribution is -2.05. The first kappa shape index (κ1) is 14.1. The molecule has 0 spiro atoms. The van der Waals surface area contributed by atoms with Crippen molar-refractivity contribution in [2.24, 2.45) is 0 Å². The lowest BCUT2D eigenvalue weighted by Gasteiger charge is -2.10. The Kier molecular flexibility index (Phi) is 4.55. The fourth-order valence-corrected chi connectivity index (χ4v) is 3.39. The Morgan fingerprint density at radius 2 is 2.06 bits per heavy atom. The molecule has 3 nitrogen and oxygen atoms in total. The summed E-state index contributed by atoms with van der Waals surface area (Å²) >= 11 is 9.99. The van der Waals surface area contributed by atoms with Crippen LogP contribution >= 0.6 is 45.5 Å². The summed E-state index contributed by atoms with van der Waals surface area (Å²) in [5, 5.41) is 3.60. The highest BCUT2D eigenvalue weighted by atomic mass is 127. The van der Waals surface area contributed by atoms with Gasteiger partial charge in [0.1, 0.15) is 16.0 Å². The maximum Gasteiger partial charge on any atom is 0.146 e. The molecule has 0 aliphatic carbocycles. The Balaban J connectivity index is 2.34. The molecule has 0 saturated heterocycles. The molecule has 0 aliphatic heterocycles. The number of nitrogens with zero attached hydrogens (tertiary/aromatic N) is 3. The van der Waals surface area contributed by atoms with Crippen molar-refractivity contribution in [2.75, 3.05) is 0 Å². The van der Waals surface area contributed by atoms with Crippen LogP contribution in [0.25, 0.3) is 0 Å². The number of hydrogen-bond donors (Lipinski definition) is 0. The second-order valence-electron chi connectivity index (χ2n) is 4.34.